The van der Waals surface area contributed by atoms with E-state index < -0.39 is 17.8 Å². The molecule has 1 aliphatic rings. The second-order valence-corrected chi connectivity index (χ2v) is 5.71. The Morgan fingerprint density at radius 2 is 1.92 bits per heavy atom. The van der Waals surface area contributed by atoms with Gasteiger partial charge in [-0.3, -0.25) is 9.69 Å². The van der Waals surface area contributed by atoms with E-state index in [-0.39, 0.29) is 36.8 Å². The number of rotatable bonds is 4. The highest BCUT2D eigenvalue weighted by atomic mass is 35.5. The molecule has 1 fully saturated rings. The lowest BCUT2D eigenvalue weighted by molar-refractivity contribution is -0.137. The summed E-state index contributed by atoms with van der Waals surface area (Å²) in [5, 5.41) is 2.87. The van der Waals surface area contributed by atoms with Crippen LogP contribution >= 0.6 is 24.8 Å². The number of carbonyl (C=O) groups is 1. The van der Waals surface area contributed by atoms with Gasteiger partial charge in [0.1, 0.15) is 0 Å². The van der Waals surface area contributed by atoms with Gasteiger partial charge in [0.05, 0.1) is 11.6 Å². The van der Waals surface area contributed by atoms with Gasteiger partial charge in [-0.15, -0.1) is 24.8 Å². The number of carbonyl (C=O) groups excluding carboxylic acids is 1. The van der Waals surface area contributed by atoms with Crippen molar-refractivity contribution in [3.63, 3.8) is 0 Å². The molecule has 9 heteroatoms. The van der Waals surface area contributed by atoms with E-state index in [2.05, 4.69) is 10.2 Å². The largest absolute Gasteiger partial charge is 0.416 e. The molecule has 0 saturated carbocycles. The van der Waals surface area contributed by atoms with Crippen molar-refractivity contribution in [2.45, 2.75) is 38.1 Å². The molecule has 138 valence electrons. The standard InChI is InChI=1S/C15H20F3N3O.2ClH/c1-10(19)14(22)20-13-6-7-21(9-13)8-11-2-4-12(5-3-11)15(16,17)18;;/h2-5,10,13H,6-9,19H2,1H3,(H,20,22);2*1H/t10-,13?;;/m1../s1. The molecule has 4 nitrogen and oxygen atoms in total. The molecule has 0 aliphatic carbocycles. The first-order valence-corrected chi connectivity index (χ1v) is 7.20. The fourth-order valence-corrected chi connectivity index (χ4v) is 2.48. The monoisotopic (exact) mass is 387 g/mol. The van der Waals surface area contributed by atoms with Crippen LogP contribution in [0.15, 0.2) is 24.3 Å². The molecule has 1 saturated heterocycles. The minimum atomic E-state index is -4.31. The minimum absolute atomic E-state index is 0. The van der Waals surface area contributed by atoms with E-state index in [4.69, 9.17) is 5.73 Å². The lowest BCUT2D eigenvalue weighted by Crippen LogP contribution is -2.44. The molecule has 1 unspecified atom stereocenters. The first kappa shape index (κ1) is 23.0. The molecule has 24 heavy (non-hydrogen) atoms. The highest BCUT2D eigenvalue weighted by molar-refractivity contribution is 5.85. The molecular formula is C15H22Cl2F3N3O. The third kappa shape index (κ3) is 6.47. The van der Waals surface area contributed by atoms with Gasteiger partial charge in [-0.1, -0.05) is 12.1 Å². The van der Waals surface area contributed by atoms with Crippen molar-refractivity contribution in [2.24, 2.45) is 5.73 Å². The number of halogens is 5. The van der Waals surface area contributed by atoms with Crippen molar-refractivity contribution < 1.29 is 18.0 Å². The highest BCUT2D eigenvalue weighted by Gasteiger charge is 2.30. The lowest BCUT2D eigenvalue weighted by atomic mass is 10.1. The maximum absolute atomic E-state index is 12.5. The summed E-state index contributed by atoms with van der Waals surface area (Å²) in [4.78, 5) is 13.6. The van der Waals surface area contributed by atoms with Gasteiger partial charge in [0, 0.05) is 25.7 Å². The third-order valence-electron chi connectivity index (χ3n) is 3.72. The molecule has 1 aliphatic heterocycles. The predicted molar refractivity (Wildman–Crippen MR) is 91.4 cm³/mol. The van der Waals surface area contributed by atoms with Crippen LogP contribution in [0.25, 0.3) is 0 Å². The molecule has 3 N–H and O–H groups in total. The molecule has 1 amide bonds. The van der Waals surface area contributed by atoms with Crippen LogP contribution in [0, 0.1) is 0 Å². The number of nitrogens with zero attached hydrogens (tertiary/aromatic N) is 1. The van der Waals surface area contributed by atoms with Gasteiger partial charge in [-0.2, -0.15) is 13.2 Å². The fraction of sp³-hybridized carbons (Fsp3) is 0.533. The van der Waals surface area contributed by atoms with Crippen LogP contribution in [-0.4, -0.2) is 36.0 Å². The summed E-state index contributed by atoms with van der Waals surface area (Å²) in [6, 6.07) is 4.70. The van der Waals surface area contributed by atoms with Crippen molar-refractivity contribution in [3.8, 4) is 0 Å². The predicted octanol–water partition coefficient (Wildman–Crippen LogP) is 2.59. The van der Waals surface area contributed by atoms with Gasteiger partial charge < -0.3 is 11.1 Å². The summed E-state index contributed by atoms with van der Waals surface area (Å²) in [6.07, 6.45) is -3.49. The molecule has 0 radical (unpaired) electrons. The Morgan fingerprint density at radius 1 is 1.33 bits per heavy atom. The molecule has 0 spiro atoms. The van der Waals surface area contributed by atoms with Crippen LogP contribution in [0.4, 0.5) is 13.2 Å². The van der Waals surface area contributed by atoms with E-state index in [1.165, 1.54) is 12.1 Å². The average molecular weight is 388 g/mol. The lowest BCUT2D eigenvalue weighted by Gasteiger charge is -2.18. The third-order valence-corrected chi connectivity index (χ3v) is 3.72. The second kappa shape index (κ2) is 9.46. The topological polar surface area (TPSA) is 58.4 Å². The maximum atomic E-state index is 12.5. The number of hydrogen-bond donors (Lipinski definition) is 2. The Balaban J connectivity index is 0.00000264. The molecule has 1 aromatic carbocycles. The number of nitrogens with two attached hydrogens (primary N) is 1. The molecule has 2 rings (SSSR count). The van der Waals surface area contributed by atoms with Crippen LogP contribution in [0.2, 0.25) is 0 Å². The number of benzene rings is 1. The van der Waals surface area contributed by atoms with Gasteiger partial charge in [0.2, 0.25) is 5.91 Å². The van der Waals surface area contributed by atoms with Gasteiger partial charge >= 0.3 is 6.18 Å². The van der Waals surface area contributed by atoms with E-state index in [1.54, 1.807) is 6.92 Å². The zero-order valence-electron chi connectivity index (χ0n) is 13.2. The smallest absolute Gasteiger partial charge is 0.351 e. The van der Waals surface area contributed by atoms with Crippen LogP contribution < -0.4 is 11.1 Å². The van der Waals surface area contributed by atoms with Crippen molar-refractivity contribution in [1.82, 2.24) is 10.2 Å². The van der Waals surface area contributed by atoms with Crippen LogP contribution in [-0.2, 0) is 17.5 Å². The Morgan fingerprint density at radius 3 is 2.42 bits per heavy atom. The van der Waals surface area contributed by atoms with E-state index in [1.807, 2.05) is 0 Å². The number of nitrogens with one attached hydrogen (secondary N) is 1. The Hall–Kier alpha value is -1.02. The minimum Gasteiger partial charge on any atom is -0.351 e. The summed E-state index contributed by atoms with van der Waals surface area (Å²) in [5.41, 5.74) is 5.69. The number of likely N-dealkylation sites (tertiary alicyclic amines) is 1. The molecule has 1 aromatic rings. The maximum Gasteiger partial charge on any atom is 0.416 e. The van der Waals surface area contributed by atoms with E-state index in [0.717, 1.165) is 30.7 Å². The number of amides is 1. The van der Waals surface area contributed by atoms with Crippen molar-refractivity contribution in [1.29, 1.82) is 0 Å². The van der Waals surface area contributed by atoms with Crippen LogP contribution in [0.1, 0.15) is 24.5 Å². The van der Waals surface area contributed by atoms with Crippen LogP contribution in [0.5, 0.6) is 0 Å². The summed E-state index contributed by atoms with van der Waals surface area (Å²) in [6.45, 7) is 3.68. The zero-order valence-corrected chi connectivity index (χ0v) is 14.8. The molecule has 0 bridgehead atoms. The highest BCUT2D eigenvalue weighted by Crippen LogP contribution is 2.29. The summed E-state index contributed by atoms with van der Waals surface area (Å²) in [7, 11) is 0. The van der Waals surface area contributed by atoms with Crippen molar-refractivity contribution >= 4 is 30.7 Å². The fourth-order valence-electron chi connectivity index (χ4n) is 2.48. The van der Waals surface area contributed by atoms with E-state index in [9.17, 15) is 18.0 Å². The van der Waals surface area contributed by atoms with E-state index in [0.29, 0.717) is 13.1 Å². The summed E-state index contributed by atoms with van der Waals surface area (Å²) < 4.78 is 37.5. The molecule has 2 atom stereocenters. The number of alkyl halides is 3. The van der Waals surface area contributed by atoms with E-state index >= 15 is 0 Å². The first-order chi connectivity index (χ1) is 10.3. The SMILES string of the molecule is C[C@@H](N)C(=O)NC1CCN(Cc2ccc(C(F)(F)F)cc2)C1.Cl.Cl. The molecule has 1 heterocycles. The quantitative estimate of drug-likeness (QED) is 0.834. The Labute approximate surface area is 151 Å². The molecular weight excluding hydrogens is 366 g/mol. The second-order valence-electron chi connectivity index (χ2n) is 5.71. The number of hydrogen-bond acceptors (Lipinski definition) is 3. The summed E-state index contributed by atoms with van der Waals surface area (Å²) in [5.74, 6) is -0.179. The van der Waals surface area contributed by atoms with Gasteiger partial charge in [-0.05, 0) is 31.0 Å². The Bertz CT molecular complexity index is 524. The normalized spacial score (nSPS) is 19.1. The van der Waals surface area contributed by atoms with Crippen LogP contribution in [0.3, 0.4) is 0 Å². The first-order valence-electron chi connectivity index (χ1n) is 7.20. The van der Waals surface area contributed by atoms with Gasteiger partial charge in [-0.25, -0.2) is 0 Å². The van der Waals surface area contributed by atoms with Crippen molar-refractivity contribution in [3.05, 3.63) is 35.4 Å². The van der Waals surface area contributed by atoms with Gasteiger partial charge in [0.25, 0.3) is 0 Å². The zero-order chi connectivity index (χ0) is 16.3. The Kier molecular flexibility index (Phi) is 9.06. The van der Waals surface area contributed by atoms with Gasteiger partial charge in [0.15, 0.2) is 0 Å². The summed E-state index contributed by atoms with van der Waals surface area (Å²) >= 11 is 0. The van der Waals surface area contributed by atoms with Crippen molar-refractivity contribution in [2.75, 3.05) is 13.1 Å². The molecule has 0 aromatic heterocycles. The average Bonchev–Trinajstić information content (AvgIpc) is 2.85.